The molecule has 6 heteroatoms. The lowest BCUT2D eigenvalue weighted by Crippen LogP contribution is -1.87. The van der Waals surface area contributed by atoms with E-state index in [0.717, 1.165) is 34.0 Å². The number of hydrogen-bond donors (Lipinski definition) is 1. The molecule has 3 aromatic carbocycles. The molecule has 0 fully saturated rings. The monoisotopic (exact) mass is 424 g/mol. The van der Waals surface area contributed by atoms with Crippen LogP contribution in [0.4, 0.5) is 0 Å². The molecule has 0 bridgehead atoms. The number of nitrogens with zero attached hydrogens (tertiary/aromatic N) is 1. The van der Waals surface area contributed by atoms with Gasteiger partial charge in [-0.25, -0.2) is 4.98 Å². The van der Waals surface area contributed by atoms with Gasteiger partial charge in [-0.05, 0) is 60.7 Å². The van der Waals surface area contributed by atoms with Crippen molar-refractivity contribution in [1.29, 1.82) is 0 Å². The smallest absolute Gasteiger partial charge is 0.141 e. The summed E-state index contributed by atoms with van der Waals surface area (Å²) in [6, 6.07) is 21.0. The Morgan fingerprint density at radius 1 is 0.724 bits per heavy atom. The molecule has 4 aromatic rings. The molecule has 29 heavy (non-hydrogen) atoms. The molecule has 1 heterocycles. The van der Waals surface area contributed by atoms with Crippen LogP contribution in [0.2, 0.25) is 10.0 Å². The van der Waals surface area contributed by atoms with Crippen LogP contribution >= 0.6 is 23.2 Å². The van der Waals surface area contributed by atoms with E-state index >= 15 is 0 Å². The lowest BCUT2D eigenvalue weighted by molar-refractivity contribution is 0.414. The van der Waals surface area contributed by atoms with Crippen LogP contribution in [0.5, 0.6) is 11.5 Å². The molecule has 0 amide bonds. The van der Waals surface area contributed by atoms with Gasteiger partial charge in [0, 0.05) is 11.1 Å². The van der Waals surface area contributed by atoms with Gasteiger partial charge in [-0.2, -0.15) is 0 Å². The van der Waals surface area contributed by atoms with Crippen LogP contribution in [0.1, 0.15) is 0 Å². The third-order valence-corrected chi connectivity index (χ3v) is 5.28. The van der Waals surface area contributed by atoms with Crippen LogP contribution in [0.15, 0.2) is 66.7 Å². The third kappa shape index (κ3) is 3.82. The van der Waals surface area contributed by atoms with Crippen LogP contribution < -0.4 is 9.47 Å². The van der Waals surface area contributed by atoms with Crippen molar-refractivity contribution in [2.75, 3.05) is 14.2 Å². The Hall–Kier alpha value is -2.95. The second kappa shape index (κ2) is 8.19. The number of H-pyrrole nitrogens is 1. The Morgan fingerprint density at radius 2 is 1.24 bits per heavy atom. The van der Waals surface area contributed by atoms with Gasteiger partial charge in [-0.3, -0.25) is 0 Å². The lowest BCUT2D eigenvalue weighted by Gasteiger charge is -2.06. The van der Waals surface area contributed by atoms with Gasteiger partial charge in [0.05, 0.1) is 41.2 Å². The first-order valence-corrected chi connectivity index (χ1v) is 9.69. The van der Waals surface area contributed by atoms with Crippen LogP contribution in [0.25, 0.3) is 33.9 Å². The molecule has 0 aliphatic heterocycles. The highest BCUT2D eigenvalue weighted by Crippen LogP contribution is 2.38. The van der Waals surface area contributed by atoms with Crippen molar-refractivity contribution >= 4 is 23.2 Å². The molecule has 0 radical (unpaired) electrons. The van der Waals surface area contributed by atoms with Crippen molar-refractivity contribution in [3.05, 3.63) is 76.8 Å². The van der Waals surface area contributed by atoms with Gasteiger partial charge >= 0.3 is 0 Å². The first-order valence-electron chi connectivity index (χ1n) is 8.94. The summed E-state index contributed by atoms with van der Waals surface area (Å²) in [5.74, 6) is 2.18. The number of benzene rings is 3. The van der Waals surface area contributed by atoms with E-state index in [-0.39, 0.29) is 0 Å². The van der Waals surface area contributed by atoms with Crippen molar-refractivity contribution in [2.24, 2.45) is 0 Å². The van der Waals surface area contributed by atoms with E-state index in [0.29, 0.717) is 21.4 Å². The zero-order chi connectivity index (χ0) is 20.4. The second-order valence-corrected chi connectivity index (χ2v) is 7.18. The third-order valence-electron chi connectivity index (χ3n) is 4.65. The van der Waals surface area contributed by atoms with Crippen molar-refractivity contribution in [1.82, 2.24) is 9.97 Å². The van der Waals surface area contributed by atoms with E-state index in [9.17, 15) is 0 Å². The Kier molecular flexibility index (Phi) is 5.47. The number of imidazole rings is 1. The molecular weight excluding hydrogens is 407 g/mol. The fourth-order valence-corrected chi connectivity index (χ4v) is 3.72. The Labute approximate surface area is 179 Å². The van der Waals surface area contributed by atoms with E-state index in [1.165, 1.54) is 0 Å². The average Bonchev–Trinajstić information content (AvgIpc) is 3.18. The topological polar surface area (TPSA) is 47.1 Å². The summed E-state index contributed by atoms with van der Waals surface area (Å²) in [7, 11) is 3.29. The molecule has 1 aromatic heterocycles. The summed E-state index contributed by atoms with van der Waals surface area (Å²) in [6.07, 6.45) is 0. The minimum atomic E-state index is 0.536. The summed E-state index contributed by atoms with van der Waals surface area (Å²) in [5, 5.41) is 1.07. The minimum Gasteiger partial charge on any atom is -0.497 e. The first-order chi connectivity index (χ1) is 14.1. The summed E-state index contributed by atoms with van der Waals surface area (Å²) >= 11 is 12.8. The van der Waals surface area contributed by atoms with E-state index in [1.54, 1.807) is 26.4 Å². The lowest BCUT2D eigenvalue weighted by atomic mass is 10.0. The molecule has 0 saturated heterocycles. The number of halogens is 2. The Balaban J connectivity index is 1.90. The highest BCUT2D eigenvalue weighted by atomic mass is 35.5. The molecule has 4 nitrogen and oxygen atoms in total. The molecular formula is C23H18Cl2N2O2. The zero-order valence-corrected chi connectivity index (χ0v) is 17.4. The highest BCUT2D eigenvalue weighted by Gasteiger charge is 2.18. The summed E-state index contributed by atoms with van der Waals surface area (Å²) < 4.78 is 10.6. The van der Waals surface area contributed by atoms with Crippen LogP contribution in [0.3, 0.4) is 0 Å². The predicted molar refractivity (Wildman–Crippen MR) is 118 cm³/mol. The van der Waals surface area contributed by atoms with Gasteiger partial charge in [0.1, 0.15) is 17.3 Å². The molecule has 0 aliphatic rings. The van der Waals surface area contributed by atoms with Gasteiger partial charge in [0.15, 0.2) is 0 Å². The minimum absolute atomic E-state index is 0.536. The maximum absolute atomic E-state index is 6.42. The number of methoxy groups -OCH3 is 2. The predicted octanol–water partition coefficient (Wildman–Crippen LogP) is 6.73. The quantitative estimate of drug-likeness (QED) is 0.386. The van der Waals surface area contributed by atoms with Crippen molar-refractivity contribution in [2.45, 2.75) is 0 Å². The summed E-state index contributed by atoms with van der Waals surface area (Å²) in [4.78, 5) is 8.26. The van der Waals surface area contributed by atoms with Crippen LogP contribution in [-0.4, -0.2) is 24.2 Å². The Morgan fingerprint density at radius 3 is 1.76 bits per heavy atom. The Bertz CT molecular complexity index is 1050. The highest BCUT2D eigenvalue weighted by molar-refractivity contribution is 6.39. The fraction of sp³-hybridized carbons (Fsp3) is 0.0870. The number of aromatic amines is 1. The first kappa shape index (κ1) is 19.4. The number of ether oxygens (including phenoxy) is 2. The molecule has 4 rings (SSSR count). The number of nitrogens with one attached hydrogen (secondary N) is 1. The molecule has 0 atom stereocenters. The maximum Gasteiger partial charge on any atom is 0.141 e. The maximum atomic E-state index is 6.42. The van der Waals surface area contributed by atoms with Gasteiger partial charge in [0.25, 0.3) is 0 Å². The second-order valence-electron chi connectivity index (χ2n) is 6.36. The normalized spacial score (nSPS) is 10.8. The number of hydrogen-bond acceptors (Lipinski definition) is 3. The van der Waals surface area contributed by atoms with Gasteiger partial charge in [-0.1, -0.05) is 29.3 Å². The van der Waals surface area contributed by atoms with E-state index in [2.05, 4.69) is 4.98 Å². The number of rotatable bonds is 5. The number of aromatic nitrogens is 2. The summed E-state index contributed by atoms with van der Waals surface area (Å²) in [6.45, 7) is 0. The SMILES string of the molecule is COc1ccc(-c2nc(-c3c(Cl)cccc3Cl)[nH]c2-c2ccc(OC)cc2)cc1. The molecule has 0 unspecified atom stereocenters. The van der Waals surface area contributed by atoms with Gasteiger partial charge in [-0.15, -0.1) is 0 Å². The fourth-order valence-electron chi connectivity index (χ4n) is 3.14. The molecule has 0 saturated carbocycles. The standard InChI is InChI=1S/C23H18Cl2N2O2/c1-28-16-10-6-14(7-11-16)21-22(15-8-12-17(29-2)13-9-15)27-23(26-21)20-18(24)4-3-5-19(20)25/h3-13H,1-2H3,(H,26,27). The van der Waals surface area contributed by atoms with E-state index in [4.69, 9.17) is 37.7 Å². The van der Waals surface area contributed by atoms with Crippen molar-refractivity contribution in [3.63, 3.8) is 0 Å². The van der Waals surface area contributed by atoms with Crippen LogP contribution in [-0.2, 0) is 0 Å². The van der Waals surface area contributed by atoms with E-state index < -0.39 is 0 Å². The van der Waals surface area contributed by atoms with Crippen LogP contribution in [0, 0.1) is 0 Å². The molecule has 146 valence electrons. The molecule has 0 aliphatic carbocycles. The van der Waals surface area contributed by atoms with Crippen molar-refractivity contribution in [3.8, 4) is 45.4 Å². The zero-order valence-electron chi connectivity index (χ0n) is 15.9. The molecule has 1 N–H and O–H groups in total. The largest absolute Gasteiger partial charge is 0.497 e. The average molecular weight is 425 g/mol. The van der Waals surface area contributed by atoms with E-state index in [1.807, 2.05) is 54.6 Å². The van der Waals surface area contributed by atoms with Gasteiger partial charge < -0.3 is 14.5 Å². The van der Waals surface area contributed by atoms with Crippen molar-refractivity contribution < 1.29 is 9.47 Å². The van der Waals surface area contributed by atoms with Gasteiger partial charge in [0.2, 0.25) is 0 Å². The summed E-state index contributed by atoms with van der Waals surface area (Å²) in [5.41, 5.74) is 4.25. The molecule has 0 spiro atoms.